The van der Waals surface area contributed by atoms with Crippen LogP contribution in [0, 0.1) is 0 Å². The van der Waals surface area contributed by atoms with Crippen LogP contribution < -0.4 is 0 Å². The van der Waals surface area contributed by atoms with E-state index in [0.717, 1.165) is 17.5 Å². The first kappa shape index (κ1) is 13.0. The van der Waals surface area contributed by atoms with Gasteiger partial charge in [-0.1, -0.05) is 17.7 Å². The van der Waals surface area contributed by atoms with Crippen LogP contribution in [0.4, 0.5) is 0 Å². The van der Waals surface area contributed by atoms with E-state index in [-0.39, 0.29) is 0 Å². The zero-order chi connectivity index (χ0) is 12.8. The number of rotatable bonds is 5. The molecular formula is C14H15ClN2O. The summed E-state index contributed by atoms with van der Waals surface area (Å²) in [6.45, 7) is 0. The van der Waals surface area contributed by atoms with Crippen LogP contribution in [0.15, 0.2) is 43.0 Å². The van der Waals surface area contributed by atoms with E-state index in [1.54, 1.807) is 18.6 Å². The second-order valence-electron chi connectivity index (χ2n) is 4.22. The molecule has 2 rings (SSSR count). The molecule has 4 heteroatoms. The Morgan fingerprint density at radius 1 is 1.17 bits per heavy atom. The van der Waals surface area contributed by atoms with Crippen LogP contribution in [0.25, 0.3) is 0 Å². The van der Waals surface area contributed by atoms with Crippen LogP contribution in [0.1, 0.15) is 17.5 Å². The van der Waals surface area contributed by atoms with Gasteiger partial charge in [-0.25, -0.2) is 0 Å². The molecule has 0 aromatic carbocycles. The molecule has 0 fully saturated rings. The summed E-state index contributed by atoms with van der Waals surface area (Å²) in [5.74, 6) is 0. The Morgan fingerprint density at radius 3 is 2.72 bits per heavy atom. The Bertz CT molecular complexity index is 490. The fourth-order valence-electron chi connectivity index (χ4n) is 1.80. The normalized spacial score (nSPS) is 12.3. The van der Waals surface area contributed by atoms with Crippen LogP contribution in [-0.4, -0.2) is 21.2 Å². The largest absolute Gasteiger partial charge is 0.393 e. The molecule has 0 bridgehead atoms. The topological polar surface area (TPSA) is 46.0 Å². The third-order valence-corrected chi connectivity index (χ3v) is 3.14. The van der Waals surface area contributed by atoms with Crippen molar-refractivity contribution in [2.75, 3.05) is 0 Å². The average Bonchev–Trinajstić information content (AvgIpc) is 2.40. The van der Waals surface area contributed by atoms with Gasteiger partial charge < -0.3 is 5.11 Å². The molecule has 2 aromatic rings. The summed E-state index contributed by atoms with van der Waals surface area (Å²) in [4.78, 5) is 7.97. The minimum atomic E-state index is -0.398. The average molecular weight is 263 g/mol. The van der Waals surface area contributed by atoms with Crippen LogP contribution in [0.2, 0.25) is 5.02 Å². The lowest BCUT2D eigenvalue weighted by molar-refractivity contribution is 0.165. The van der Waals surface area contributed by atoms with E-state index in [0.29, 0.717) is 17.9 Å². The lowest BCUT2D eigenvalue weighted by atomic mass is 10.0. The summed E-state index contributed by atoms with van der Waals surface area (Å²) in [6.07, 6.45) is 8.54. The second kappa shape index (κ2) is 6.47. The monoisotopic (exact) mass is 262 g/mol. The first-order chi connectivity index (χ1) is 8.75. The van der Waals surface area contributed by atoms with Crippen LogP contribution >= 0.6 is 11.6 Å². The molecule has 0 aliphatic rings. The minimum Gasteiger partial charge on any atom is -0.393 e. The molecule has 2 aromatic heterocycles. The molecule has 0 aliphatic heterocycles. The first-order valence-corrected chi connectivity index (χ1v) is 6.29. The number of nitrogens with zero attached hydrogens (tertiary/aromatic N) is 2. The van der Waals surface area contributed by atoms with Gasteiger partial charge in [0.05, 0.1) is 11.1 Å². The summed E-state index contributed by atoms with van der Waals surface area (Å²) in [5, 5.41) is 10.6. The maximum absolute atomic E-state index is 9.99. The first-order valence-electron chi connectivity index (χ1n) is 5.91. The Hall–Kier alpha value is -1.45. The second-order valence-corrected chi connectivity index (χ2v) is 4.63. The van der Waals surface area contributed by atoms with Crippen LogP contribution in [-0.2, 0) is 12.8 Å². The Kier molecular flexibility index (Phi) is 4.67. The van der Waals surface area contributed by atoms with E-state index in [2.05, 4.69) is 9.97 Å². The van der Waals surface area contributed by atoms with Gasteiger partial charge >= 0.3 is 0 Å². The third-order valence-electron chi connectivity index (χ3n) is 2.80. The highest BCUT2D eigenvalue weighted by atomic mass is 35.5. The zero-order valence-corrected chi connectivity index (χ0v) is 10.7. The fourth-order valence-corrected chi connectivity index (χ4v) is 2.00. The van der Waals surface area contributed by atoms with Gasteiger partial charge in [-0.05, 0) is 42.5 Å². The maximum Gasteiger partial charge on any atom is 0.0622 e. The number of hydrogen-bond acceptors (Lipinski definition) is 3. The Balaban J connectivity index is 1.86. The van der Waals surface area contributed by atoms with Crippen molar-refractivity contribution < 1.29 is 5.11 Å². The van der Waals surface area contributed by atoms with E-state index in [1.807, 2.05) is 24.4 Å². The molecule has 0 amide bonds. The van der Waals surface area contributed by atoms with Crippen molar-refractivity contribution in [1.82, 2.24) is 9.97 Å². The van der Waals surface area contributed by atoms with Crippen molar-refractivity contribution >= 4 is 11.6 Å². The molecular weight excluding hydrogens is 248 g/mol. The standard InChI is InChI=1S/C14H15ClN2O/c15-14-10-17-7-5-12(14)8-13(18)4-3-11-2-1-6-16-9-11/h1-2,5-7,9-10,13,18H,3-4,8H2. The molecule has 1 unspecified atom stereocenters. The van der Waals surface area contributed by atoms with Crippen LogP contribution in [0.3, 0.4) is 0 Å². The molecule has 0 saturated carbocycles. The van der Waals surface area contributed by atoms with E-state index < -0.39 is 6.10 Å². The van der Waals surface area contributed by atoms with E-state index >= 15 is 0 Å². The molecule has 0 radical (unpaired) electrons. The molecule has 1 atom stereocenters. The molecule has 18 heavy (non-hydrogen) atoms. The summed E-state index contributed by atoms with van der Waals surface area (Å²) in [7, 11) is 0. The lowest BCUT2D eigenvalue weighted by Gasteiger charge is -2.11. The molecule has 2 heterocycles. The highest BCUT2D eigenvalue weighted by molar-refractivity contribution is 6.31. The molecule has 1 N–H and O–H groups in total. The van der Waals surface area contributed by atoms with E-state index in [4.69, 9.17) is 11.6 Å². The quantitative estimate of drug-likeness (QED) is 0.901. The Labute approximate surface area is 111 Å². The van der Waals surface area contributed by atoms with Gasteiger partial charge in [0.1, 0.15) is 0 Å². The van der Waals surface area contributed by atoms with Crippen molar-refractivity contribution in [2.45, 2.75) is 25.4 Å². The summed E-state index contributed by atoms with van der Waals surface area (Å²) in [5.41, 5.74) is 2.07. The van der Waals surface area contributed by atoms with Gasteiger partial charge in [-0.3, -0.25) is 9.97 Å². The summed E-state index contributed by atoms with van der Waals surface area (Å²) < 4.78 is 0. The van der Waals surface area contributed by atoms with Gasteiger partial charge in [-0.2, -0.15) is 0 Å². The van der Waals surface area contributed by atoms with Crippen molar-refractivity contribution in [2.24, 2.45) is 0 Å². The SMILES string of the molecule is OC(CCc1cccnc1)Cc1ccncc1Cl. The number of aliphatic hydroxyl groups is 1. The smallest absolute Gasteiger partial charge is 0.0622 e. The number of aryl methyl sites for hydroxylation is 1. The molecule has 0 spiro atoms. The highest BCUT2D eigenvalue weighted by Gasteiger charge is 2.08. The van der Waals surface area contributed by atoms with Gasteiger partial charge in [0, 0.05) is 24.8 Å². The highest BCUT2D eigenvalue weighted by Crippen LogP contribution is 2.17. The fraction of sp³-hybridized carbons (Fsp3) is 0.286. The number of pyridine rings is 2. The van der Waals surface area contributed by atoms with Gasteiger partial charge in [-0.15, -0.1) is 0 Å². The number of halogens is 1. The number of aliphatic hydroxyl groups excluding tert-OH is 1. The number of aromatic nitrogens is 2. The number of hydrogen-bond donors (Lipinski definition) is 1. The van der Waals surface area contributed by atoms with Gasteiger partial charge in [0.25, 0.3) is 0 Å². The molecule has 3 nitrogen and oxygen atoms in total. The predicted molar refractivity (Wildman–Crippen MR) is 71.5 cm³/mol. The van der Waals surface area contributed by atoms with Crippen molar-refractivity contribution in [3.8, 4) is 0 Å². The molecule has 0 aliphatic carbocycles. The minimum absolute atomic E-state index is 0.398. The molecule has 94 valence electrons. The van der Waals surface area contributed by atoms with Gasteiger partial charge in [0.2, 0.25) is 0 Å². The lowest BCUT2D eigenvalue weighted by Crippen LogP contribution is -2.12. The Morgan fingerprint density at radius 2 is 2.00 bits per heavy atom. The summed E-state index contributed by atoms with van der Waals surface area (Å²) >= 11 is 6.00. The van der Waals surface area contributed by atoms with Crippen LogP contribution in [0.5, 0.6) is 0 Å². The van der Waals surface area contributed by atoms with E-state index in [1.165, 1.54) is 0 Å². The summed E-state index contributed by atoms with van der Waals surface area (Å²) in [6, 6.07) is 5.76. The predicted octanol–water partition coefficient (Wildman–Crippen LogP) is 2.67. The third kappa shape index (κ3) is 3.79. The van der Waals surface area contributed by atoms with E-state index in [9.17, 15) is 5.11 Å². The van der Waals surface area contributed by atoms with Gasteiger partial charge in [0.15, 0.2) is 0 Å². The maximum atomic E-state index is 9.99. The zero-order valence-electron chi connectivity index (χ0n) is 9.96. The van der Waals surface area contributed by atoms with Crippen molar-refractivity contribution in [1.29, 1.82) is 0 Å². The van der Waals surface area contributed by atoms with Crippen molar-refractivity contribution in [3.05, 3.63) is 59.1 Å². The molecule has 0 saturated heterocycles. The van der Waals surface area contributed by atoms with Crippen molar-refractivity contribution in [3.63, 3.8) is 0 Å².